The van der Waals surface area contributed by atoms with E-state index < -0.39 is 0 Å². The fourth-order valence-corrected chi connectivity index (χ4v) is 4.54. The molecule has 0 unspecified atom stereocenters. The van der Waals surface area contributed by atoms with E-state index in [9.17, 15) is 4.79 Å². The van der Waals surface area contributed by atoms with Gasteiger partial charge in [-0.25, -0.2) is 4.98 Å². The van der Waals surface area contributed by atoms with Crippen molar-refractivity contribution in [3.8, 4) is 0 Å². The number of carbonyl (C=O) groups excluding carboxylic acids is 1. The summed E-state index contributed by atoms with van der Waals surface area (Å²) < 4.78 is 4.52. The van der Waals surface area contributed by atoms with Gasteiger partial charge in [0.25, 0.3) is 0 Å². The van der Waals surface area contributed by atoms with Gasteiger partial charge >= 0.3 is 0 Å². The summed E-state index contributed by atoms with van der Waals surface area (Å²) in [6.07, 6.45) is 9.48. The summed E-state index contributed by atoms with van der Waals surface area (Å²) in [5, 5.41) is 1.03. The molecule has 1 saturated carbocycles. The van der Waals surface area contributed by atoms with Gasteiger partial charge in [0.1, 0.15) is 5.82 Å². The van der Waals surface area contributed by atoms with Crippen LogP contribution in [0.5, 0.6) is 0 Å². The van der Waals surface area contributed by atoms with E-state index in [-0.39, 0.29) is 5.92 Å². The van der Waals surface area contributed by atoms with E-state index in [4.69, 9.17) is 4.98 Å². The minimum atomic E-state index is 0.148. The molecule has 4 rings (SSSR count). The predicted octanol–water partition coefficient (Wildman–Crippen LogP) is 3.03. The fraction of sp³-hybridized carbons (Fsp3) is 0.824. The summed E-state index contributed by atoms with van der Waals surface area (Å²) >= 11 is 1.52. The van der Waals surface area contributed by atoms with Gasteiger partial charge in [0.15, 0.2) is 0 Å². The minimum absolute atomic E-state index is 0.148. The third-order valence-corrected chi connectivity index (χ3v) is 6.12. The predicted molar refractivity (Wildman–Crippen MR) is 91.9 cm³/mol. The molecule has 0 N–H and O–H groups in total. The molecule has 3 fully saturated rings. The normalized spacial score (nSPS) is 26.2. The topological polar surface area (TPSA) is 49.3 Å². The van der Waals surface area contributed by atoms with Gasteiger partial charge in [-0.3, -0.25) is 4.79 Å². The number of piperidine rings is 1. The Labute approximate surface area is 142 Å². The van der Waals surface area contributed by atoms with Crippen LogP contribution in [0.3, 0.4) is 0 Å². The molecule has 3 heterocycles. The van der Waals surface area contributed by atoms with E-state index in [1.807, 2.05) is 0 Å². The third-order valence-electron chi connectivity index (χ3n) is 5.33. The van der Waals surface area contributed by atoms with Crippen molar-refractivity contribution in [2.24, 2.45) is 5.92 Å². The highest BCUT2D eigenvalue weighted by molar-refractivity contribution is 7.09. The number of nitrogens with zero attached hydrogens (tertiary/aromatic N) is 4. The molecule has 2 aliphatic heterocycles. The first-order valence-electron chi connectivity index (χ1n) is 9.18. The molecule has 0 aromatic carbocycles. The molecule has 1 aliphatic carbocycles. The molecule has 1 aromatic rings. The van der Waals surface area contributed by atoms with Crippen LogP contribution in [0.1, 0.15) is 63.1 Å². The lowest BCUT2D eigenvalue weighted by Crippen LogP contribution is -2.45. The van der Waals surface area contributed by atoms with E-state index in [1.165, 1.54) is 50.1 Å². The van der Waals surface area contributed by atoms with Crippen LogP contribution in [0.2, 0.25) is 0 Å². The van der Waals surface area contributed by atoms with Crippen molar-refractivity contribution in [3.63, 3.8) is 0 Å². The van der Waals surface area contributed by atoms with Crippen molar-refractivity contribution in [2.75, 3.05) is 31.1 Å². The number of amides is 1. The second-order valence-electron chi connectivity index (χ2n) is 7.23. The molecule has 1 aromatic heterocycles. The molecule has 1 amide bonds. The van der Waals surface area contributed by atoms with Gasteiger partial charge in [-0.05, 0) is 38.5 Å². The van der Waals surface area contributed by atoms with E-state index in [0.717, 1.165) is 50.0 Å². The number of hydrogen-bond donors (Lipinski definition) is 0. The van der Waals surface area contributed by atoms with Gasteiger partial charge in [-0.2, -0.15) is 4.37 Å². The van der Waals surface area contributed by atoms with Crippen molar-refractivity contribution < 1.29 is 4.79 Å². The summed E-state index contributed by atoms with van der Waals surface area (Å²) in [5.74, 6) is 2.17. The Morgan fingerprint density at radius 1 is 1.00 bits per heavy atom. The molecule has 5 nitrogen and oxygen atoms in total. The maximum atomic E-state index is 12.9. The summed E-state index contributed by atoms with van der Waals surface area (Å²) in [4.78, 5) is 22.0. The Hall–Kier alpha value is -1.17. The molecule has 6 heteroatoms. The second-order valence-corrected chi connectivity index (χ2v) is 7.96. The van der Waals surface area contributed by atoms with Gasteiger partial charge in [0, 0.05) is 43.6 Å². The van der Waals surface area contributed by atoms with Crippen LogP contribution in [-0.4, -0.2) is 46.3 Å². The first-order chi connectivity index (χ1) is 11.3. The minimum Gasteiger partial charge on any atom is -0.346 e. The molecule has 0 bridgehead atoms. The van der Waals surface area contributed by atoms with Gasteiger partial charge < -0.3 is 9.80 Å². The van der Waals surface area contributed by atoms with Crippen molar-refractivity contribution in [1.29, 1.82) is 0 Å². The maximum absolute atomic E-state index is 12.9. The Kier molecular flexibility index (Phi) is 4.51. The van der Waals surface area contributed by atoms with Gasteiger partial charge in [0.2, 0.25) is 11.0 Å². The lowest BCUT2D eigenvalue weighted by Gasteiger charge is -2.34. The zero-order chi connectivity index (χ0) is 15.6. The Morgan fingerprint density at radius 2 is 1.78 bits per heavy atom. The number of aromatic nitrogens is 2. The second kappa shape index (κ2) is 6.75. The monoisotopic (exact) mass is 334 g/mol. The van der Waals surface area contributed by atoms with Crippen LogP contribution in [0.4, 0.5) is 5.13 Å². The highest BCUT2D eigenvalue weighted by atomic mass is 32.1. The van der Waals surface area contributed by atoms with Crippen LogP contribution >= 0.6 is 11.5 Å². The molecule has 0 spiro atoms. The number of carbonyl (C=O) groups is 1. The number of rotatable bonds is 3. The van der Waals surface area contributed by atoms with E-state index in [2.05, 4.69) is 14.2 Å². The Bertz CT molecular complexity index is 549. The van der Waals surface area contributed by atoms with Crippen LogP contribution in [0.15, 0.2) is 0 Å². The maximum Gasteiger partial charge on any atom is 0.227 e. The van der Waals surface area contributed by atoms with Crippen LogP contribution in [-0.2, 0) is 4.79 Å². The number of hydrogen-bond acceptors (Lipinski definition) is 5. The molecular formula is C17H26N4OS. The summed E-state index contributed by atoms with van der Waals surface area (Å²) in [6, 6.07) is 0. The SMILES string of the molecule is O=C([C@@H]1CCCN(c2nc(C3CC3)ns2)C1)N1CCCCCC1. The first kappa shape index (κ1) is 15.4. The molecule has 0 radical (unpaired) electrons. The number of likely N-dealkylation sites (tertiary alicyclic amines) is 1. The zero-order valence-electron chi connectivity index (χ0n) is 13.7. The Morgan fingerprint density at radius 3 is 2.52 bits per heavy atom. The molecular weight excluding hydrogens is 308 g/mol. The fourth-order valence-electron chi connectivity index (χ4n) is 3.76. The van der Waals surface area contributed by atoms with Crippen LogP contribution in [0.25, 0.3) is 0 Å². The van der Waals surface area contributed by atoms with Crippen molar-refractivity contribution in [1.82, 2.24) is 14.3 Å². The average Bonchev–Trinajstić information content (AvgIpc) is 3.38. The van der Waals surface area contributed by atoms with Crippen molar-refractivity contribution in [2.45, 2.75) is 57.3 Å². The van der Waals surface area contributed by atoms with E-state index in [1.54, 1.807) is 0 Å². The van der Waals surface area contributed by atoms with Crippen LogP contribution < -0.4 is 4.90 Å². The summed E-state index contributed by atoms with van der Waals surface area (Å²) in [7, 11) is 0. The first-order valence-corrected chi connectivity index (χ1v) is 9.96. The van der Waals surface area contributed by atoms with E-state index in [0.29, 0.717) is 11.8 Å². The smallest absolute Gasteiger partial charge is 0.227 e. The average molecular weight is 334 g/mol. The van der Waals surface area contributed by atoms with Gasteiger partial charge in [-0.15, -0.1) is 0 Å². The zero-order valence-corrected chi connectivity index (χ0v) is 14.6. The van der Waals surface area contributed by atoms with Crippen molar-refractivity contribution >= 4 is 22.6 Å². The largest absolute Gasteiger partial charge is 0.346 e. The van der Waals surface area contributed by atoms with E-state index >= 15 is 0 Å². The summed E-state index contributed by atoms with van der Waals surface area (Å²) in [6.45, 7) is 3.76. The third kappa shape index (κ3) is 3.52. The molecule has 126 valence electrons. The van der Waals surface area contributed by atoms with Gasteiger partial charge in [-0.1, -0.05) is 12.8 Å². The number of anilines is 1. The van der Waals surface area contributed by atoms with Gasteiger partial charge in [0.05, 0.1) is 5.92 Å². The molecule has 3 aliphatic rings. The highest BCUT2D eigenvalue weighted by Gasteiger charge is 2.32. The standard InChI is InChI=1S/C17H26N4OS/c22-16(20-9-3-1-2-4-10-20)14-6-5-11-21(12-14)17-18-15(19-23-17)13-7-8-13/h13-14H,1-12H2/t14-/m1/s1. The van der Waals surface area contributed by atoms with Crippen LogP contribution in [0, 0.1) is 5.92 Å². The summed E-state index contributed by atoms with van der Waals surface area (Å²) in [5.41, 5.74) is 0. The molecule has 23 heavy (non-hydrogen) atoms. The Balaban J connectivity index is 1.40. The highest BCUT2D eigenvalue weighted by Crippen LogP contribution is 2.40. The quantitative estimate of drug-likeness (QED) is 0.852. The molecule has 1 atom stereocenters. The lowest BCUT2D eigenvalue weighted by molar-refractivity contribution is -0.135. The molecule has 2 saturated heterocycles. The lowest BCUT2D eigenvalue weighted by atomic mass is 9.96. The van der Waals surface area contributed by atoms with Crippen molar-refractivity contribution in [3.05, 3.63) is 5.82 Å².